The van der Waals surface area contributed by atoms with E-state index in [2.05, 4.69) is 26.9 Å². The Labute approximate surface area is 161 Å². The Morgan fingerprint density at radius 1 is 1.04 bits per heavy atom. The molecule has 0 unspecified atom stereocenters. The average Bonchev–Trinajstić information content (AvgIpc) is 2.96. The number of rotatable bonds is 5. The Kier molecular flexibility index (Phi) is 5.59. The fourth-order valence-corrected chi connectivity index (χ4v) is 3.35. The molecule has 0 aliphatic heterocycles. The van der Waals surface area contributed by atoms with E-state index in [0.717, 1.165) is 16.3 Å². The Balaban J connectivity index is 1.87. The van der Waals surface area contributed by atoms with Gasteiger partial charge in [-0.25, -0.2) is 0 Å². The molecule has 0 aliphatic rings. The summed E-state index contributed by atoms with van der Waals surface area (Å²) in [5.74, 6) is -0.126. The molecular weight excluding hydrogens is 358 g/mol. The highest BCUT2D eigenvalue weighted by Crippen LogP contribution is 2.41. The number of hydrogen-bond donors (Lipinski definition) is 2. The summed E-state index contributed by atoms with van der Waals surface area (Å²) in [5, 5.41) is 24.8. The highest BCUT2D eigenvalue weighted by atomic mass is 32.1. The quantitative estimate of drug-likeness (QED) is 0.532. The number of nitrogens with zero attached hydrogens (tertiary/aromatic N) is 3. The van der Waals surface area contributed by atoms with Gasteiger partial charge in [0.25, 0.3) is 0 Å². The van der Waals surface area contributed by atoms with Crippen molar-refractivity contribution in [3.8, 4) is 6.07 Å². The molecule has 7 heteroatoms. The smallest absolute Gasteiger partial charge is 0.221 e. The molecule has 1 aromatic heterocycles. The van der Waals surface area contributed by atoms with Gasteiger partial charge in [-0.3, -0.25) is 4.79 Å². The highest BCUT2D eigenvalue weighted by molar-refractivity contribution is 7.17. The van der Waals surface area contributed by atoms with Crippen LogP contribution in [0, 0.1) is 18.3 Å². The van der Waals surface area contributed by atoms with Gasteiger partial charge in [-0.05, 0) is 43.3 Å². The topological polar surface area (TPSA) is 89.6 Å². The molecule has 0 aliphatic carbocycles. The third-order valence-corrected chi connectivity index (χ3v) is 4.80. The molecule has 27 heavy (non-hydrogen) atoms. The van der Waals surface area contributed by atoms with Gasteiger partial charge in [0.1, 0.15) is 21.6 Å². The van der Waals surface area contributed by atoms with E-state index in [4.69, 9.17) is 0 Å². The zero-order chi connectivity index (χ0) is 19.2. The molecule has 1 amide bonds. The molecule has 0 saturated heterocycles. The molecule has 0 atom stereocenters. The van der Waals surface area contributed by atoms with Gasteiger partial charge in [0.05, 0.1) is 5.69 Å². The number of anilines is 3. The van der Waals surface area contributed by atoms with E-state index in [1.54, 1.807) is 24.3 Å². The number of amides is 1. The van der Waals surface area contributed by atoms with Gasteiger partial charge >= 0.3 is 0 Å². The van der Waals surface area contributed by atoms with Gasteiger partial charge in [-0.15, -0.1) is 16.5 Å². The second kappa shape index (κ2) is 8.25. The highest BCUT2D eigenvalue weighted by Gasteiger charge is 2.15. The molecule has 3 aromatic rings. The lowest BCUT2D eigenvalue weighted by Gasteiger charge is -2.04. The number of nitrogens with one attached hydrogen (secondary N) is 2. The predicted molar refractivity (Wildman–Crippen MR) is 108 cm³/mol. The minimum Gasteiger partial charge on any atom is -0.345 e. The van der Waals surface area contributed by atoms with E-state index in [-0.39, 0.29) is 5.91 Å². The van der Waals surface area contributed by atoms with Gasteiger partial charge in [-0.1, -0.05) is 18.2 Å². The summed E-state index contributed by atoms with van der Waals surface area (Å²) < 4.78 is 0. The molecule has 0 saturated carbocycles. The number of carbonyl (C=O) groups is 1. The van der Waals surface area contributed by atoms with Crippen molar-refractivity contribution in [1.29, 1.82) is 5.26 Å². The zero-order valence-corrected chi connectivity index (χ0v) is 15.7. The molecule has 0 radical (unpaired) electrons. The summed E-state index contributed by atoms with van der Waals surface area (Å²) in [4.78, 5) is 11.7. The number of hydrogen-bond acceptors (Lipinski definition) is 6. The second-order valence-electron chi connectivity index (χ2n) is 5.76. The minimum absolute atomic E-state index is 0.126. The number of benzene rings is 2. The van der Waals surface area contributed by atoms with Crippen molar-refractivity contribution in [2.45, 2.75) is 13.8 Å². The maximum atomic E-state index is 11.1. The number of thiophene rings is 1. The molecule has 3 rings (SSSR count). The molecule has 2 N–H and O–H groups in total. The Bertz CT molecular complexity index is 1020. The summed E-state index contributed by atoms with van der Waals surface area (Å²) in [6.07, 6.45) is 0. The van der Waals surface area contributed by atoms with Crippen molar-refractivity contribution in [2.75, 3.05) is 10.6 Å². The van der Waals surface area contributed by atoms with Crippen LogP contribution in [0.4, 0.5) is 27.8 Å². The zero-order valence-electron chi connectivity index (χ0n) is 14.9. The van der Waals surface area contributed by atoms with E-state index < -0.39 is 0 Å². The normalized spacial score (nSPS) is 10.6. The molecular formula is C20H17N5OS. The van der Waals surface area contributed by atoms with Crippen LogP contribution in [0.2, 0.25) is 0 Å². The number of para-hydroxylation sites is 1. The van der Waals surface area contributed by atoms with Crippen molar-refractivity contribution >= 4 is 45.0 Å². The third kappa shape index (κ3) is 4.57. The fourth-order valence-electron chi connectivity index (χ4n) is 2.39. The Morgan fingerprint density at radius 2 is 1.74 bits per heavy atom. The van der Waals surface area contributed by atoms with Gasteiger partial charge < -0.3 is 10.6 Å². The van der Waals surface area contributed by atoms with E-state index in [1.807, 2.05) is 37.3 Å². The second-order valence-corrected chi connectivity index (χ2v) is 6.79. The molecule has 0 fully saturated rings. The summed E-state index contributed by atoms with van der Waals surface area (Å²) in [6.45, 7) is 3.32. The van der Waals surface area contributed by atoms with Crippen LogP contribution in [0.3, 0.4) is 0 Å². The molecule has 0 bridgehead atoms. The first kappa shape index (κ1) is 18.3. The van der Waals surface area contributed by atoms with Crippen LogP contribution in [0.1, 0.15) is 17.4 Å². The summed E-state index contributed by atoms with van der Waals surface area (Å²) in [7, 11) is 0. The molecule has 6 nitrogen and oxygen atoms in total. The average molecular weight is 375 g/mol. The fraction of sp³-hybridized carbons (Fsp3) is 0.100. The first-order chi connectivity index (χ1) is 13.1. The number of azo groups is 1. The van der Waals surface area contributed by atoms with E-state index >= 15 is 0 Å². The van der Waals surface area contributed by atoms with Crippen LogP contribution in [0.5, 0.6) is 0 Å². The monoisotopic (exact) mass is 375 g/mol. The Morgan fingerprint density at radius 3 is 2.37 bits per heavy atom. The van der Waals surface area contributed by atoms with Gasteiger partial charge in [-0.2, -0.15) is 10.4 Å². The summed E-state index contributed by atoms with van der Waals surface area (Å²) in [5.41, 5.74) is 3.70. The lowest BCUT2D eigenvalue weighted by molar-refractivity contribution is -0.114. The van der Waals surface area contributed by atoms with Gasteiger partial charge in [0.2, 0.25) is 5.91 Å². The van der Waals surface area contributed by atoms with E-state index in [0.29, 0.717) is 21.9 Å². The summed E-state index contributed by atoms with van der Waals surface area (Å²) >= 11 is 1.35. The maximum absolute atomic E-state index is 11.1. The van der Waals surface area contributed by atoms with E-state index in [1.165, 1.54) is 18.3 Å². The van der Waals surface area contributed by atoms with E-state index in [9.17, 15) is 10.1 Å². The molecule has 2 aromatic carbocycles. The lowest BCUT2D eigenvalue weighted by atomic mass is 10.2. The first-order valence-corrected chi connectivity index (χ1v) is 9.03. The van der Waals surface area contributed by atoms with Crippen molar-refractivity contribution < 1.29 is 4.79 Å². The van der Waals surface area contributed by atoms with Crippen LogP contribution in [-0.2, 0) is 4.79 Å². The maximum Gasteiger partial charge on any atom is 0.221 e. The van der Waals surface area contributed by atoms with Gasteiger partial charge in [0, 0.05) is 23.9 Å². The number of nitriles is 1. The standard InChI is InChI=1S/C20H17N5OS/c1-13-18(12-21)27-20(23-15-6-4-3-5-7-15)19(13)25-24-17-10-8-16(9-11-17)22-14(2)26/h3-11,23H,1-2H3,(H,22,26). The molecule has 134 valence electrons. The minimum atomic E-state index is -0.126. The molecule has 0 spiro atoms. The lowest BCUT2D eigenvalue weighted by Crippen LogP contribution is -2.04. The van der Waals surface area contributed by atoms with Crippen LogP contribution in [0.25, 0.3) is 0 Å². The van der Waals surface area contributed by atoms with Crippen molar-refractivity contribution in [2.24, 2.45) is 10.2 Å². The van der Waals surface area contributed by atoms with Gasteiger partial charge in [0.15, 0.2) is 0 Å². The molecule has 1 heterocycles. The predicted octanol–water partition coefficient (Wildman–Crippen LogP) is 6.05. The van der Waals surface area contributed by atoms with Crippen LogP contribution < -0.4 is 10.6 Å². The first-order valence-electron chi connectivity index (χ1n) is 8.22. The van der Waals surface area contributed by atoms with Crippen LogP contribution >= 0.6 is 11.3 Å². The largest absolute Gasteiger partial charge is 0.345 e. The number of carbonyl (C=O) groups excluding carboxylic acids is 1. The van der Waals surface area contributed by atoms with Crippen molar-refractivity contribution in [1.82, 2.24) is 0 Å². The van der Waals surface area contributed by atoms with Crippen molar-refractivity contribution in [3.05, 3.63) is 65.0 Å². The third-order valence-electron chi connectivity index (χ3n) is 3.70. The SMILES string of the molecule is CC(=O)Nc1ccc(N=Nc2c(Nc3ccccc3)sc(C#N)c2C)cc1. The Hall–Kier alpha value is -3.50. The van der Waals surface area contributed by atoms with Crippen LogP contribution in [0.15, 0.2) is 64.8 Å². The van der Waals surface area contributed by atoms with Crippen molar-refractivity contribution in [3.63, 3.8) is 0 Å². The summed E-state index contributed by atoms with van der Waals surface area (Å²) in [6, 6.07) is 19.0. The van der Waals surface area contributed by atoms with Crippen LogP contribution in [-0.4, -0.2) is 5.91 Å².